The number of hydrogen-bond donors (Lipinski definition) is 1. The van der Waals surface area contributed by atoms with Gasteiger partial charge in [0.25, 0.3) is 0 Å². The molecule has 1 atom stereocenters. The molecular formula is C16H18Br2N2. The van der Waals surface area contributed by atoms with Crippen LogP contribution in [0.2, 0.25) is 0 Å². The minimum atomic E-state index is 0.465. The maximum atomic E-state index is 4.41. The summed E-state index contributed by atoms with van der Waals surface area (Å²) in [6.45, 7) is 3.00. The molecule has 1 N–H and O–H groups in total. The normalized spacial score (nSPS) is 12.3. The molecule has 0 radical (unpaired) electrons. The monoisotopic (exact) mass is 396 g/mol. The molecule has 1 aromatic heterocycles. The predicted octanol–water partition coefficient (Wildman–Crippen LogP) is 4.72. The van der Waals surface area contributed by atoms with Crippen molar-refractivity contribution in [3.05, 3.63) is 62.8 Å². The highest BCUT2D eigenvalue weighted by Gasteiger charge is 2.06. The molecule has 106 valence electrons. The Labute approximate surface area is 137 Å². The van der Waals surface area contributed by atoms with Crippen LogP contribution in [-0.2, 0) is 13.0 Å². The number of pyridine rings is 1. The largest absolute Gasteiger partial charge is 0.309 e. The lowest BCUT2D eigenvalue weighted by molar-refractivity contribution is 0.509. The van der Waals surface area contributed by atoms with Crippen molar-refractivity contribution >= 4 is 31.9 Å². The zero-order chi connectivity index (χ0) is 14.4. The van der Waals surface area contributed by atoms with Crippen molar-refractivity contribution < 1.29 is 0 Å². The molecule has 0 spiro atoms. The van der Waals surface area contributed by atoms with Crippen LogP contribution in [0, 0.1) is 0 Å². The molecule has 0 bridgehead atoms. The third-order valence-electron chi connectivity index (χ3n) is 3.21. The van der Waals surface area contributed by atoms with Crippen LogP contribution >= 0.6 is 31.9 Å². The fraction of sp³-hybridized carbons (Fsp3) is 0.312. The lowest BCUT2D eigenvalue weighted by Crippen LogP contribution is -2.26. The first-order valence-electron chi connectivity index (χ1n) is 6.72. The van der Waals surface area contributed by atoms with Gasteiger partial charge in [0.2, 0.25) is 0 Å². The Bertz CT molecular complexity index is 543. The third-order valence-corrected chi connectivity index (χ3v) is 4.33. The number of aromatic nitrogens is 1. The van der Waals surface area contributed by atoms with Gasteiger partial charge < -0.3 is 5.32 Å². The molecule has 0 amide bonds. The molecule has 0 aliphatic rings. The van der Waals surface area contributed by atoms with Gasteiger partial charge in [-0.05, 0) is 63.3 Å². The molecule has 2 nitrogen and oxygen atoms in total. The van der Waals surface area contributed by atoms with Crippen LogP contribution in [0.5, 0.6) is 0 Å². The van der Waals surface area contributed by atoms with E-state index in [1.165, 1.54) is 5.56 Å². The molecule has 0 fully saturated rings. The van der Waals surface area contributed by atoms with E-state index in [1.54, 1.807) is 0 Å². The van der Waals surface area contributed by atoms with Crippen LogP contribution in [0.1, 0.15) is 24.6 Å². The number of nitrogens with zero attached hydrogens (tertiary/aromatic N) is 1. The minimum absolute atomic E-state index is 0.465. The summed E-state index contributed by atoms with van der Waals surface area (Å²) in [5, 5.41) is 3.52. The number of halogens is 2. The highest BCUT2D eigenvalue weighted by atomic mass is 79.9. The van der Waals surface area contributed by atoms with Gasteiger partial charge in [0.15, 0.2) is 0 Å². The Morgan fingerprint density at radius 1 is 1.20 bits per heavy atom. The third kappa shape index (κ3) is 5.00. The number of hydrogen-bond acceptors (Lipinski definition) is 2. The first kappa shape index (κ1) is 15.7. The van der Waals surface area contributed by atoms with Crippen molar-refractivity contribution in [2.45, 2.75) is 32.4 Å². The van der Waals surface area contributed by atoms with Crippen molar-refractivity contribution in [2.75, 3.05) is 0 Å². The Balaban J connectivity index is 1.79. The van der Waals surface area contributed by atoms with Crippen molar-refractivity contribution in [2.24, 2.45) is 0 Å². The molecule has 0 saturated carbocycles. The van der Waals surface area contributed by atoms with Crippen molar-refractivity contribution in [3.8, 4) is 0 Å². The van der Waals surface area contributed by atoms with Crippen LogP contribution in [0.25, 0.3) is 0 Å². The molecule has 2 aromatic rings. The second-order valence-electron chi connectivity index (χ2n) is 4.89. The van der Waals surface area contributed by atoms with Gasteiger partial charge in [-0.3, -0.25) is 4.98 Å². The predicted molar refractivity (Wildman–Crippen MR) is 90.7 cm³/mol. The molecule has 0 aliphatic carbocycles. The highest BCUT2D eigenvalue weighted by Crippen LogP contribution is 2.19. The maximum absolute atomic E-state index is 4.41. The van der Waals surface area contributed by atoms with E-state index in [2.05, 4.69) is 79.4 Å². The molecule has 1 aromatic carbocycles. The number of nitrogens with one attached hydrogen (secondary N) is 1. The summed E-state index contributed by atoms with van der Waals surface area (Å²) in [7, 11) is 0. The van der Waals surface area contributed by atoms with Crippen LogP contribution < -0.4 is 5.32 Å². The summed E-state index contributed by atoms with van der Waals surface area (Å²) in [5.74, 6) is 0. The topological polar surface area (TPSA) is 24.9 Å². The number of rotatable bonds is 6. The molecule has 1 heterocycles. The fourth-order valence-corrected chi connectivity index (χ4v) is 3.10. The number of aryl methyl sites for hydroxylation is 1. The van der Waals surface area contributed by atoms with E-state index in [1.807, 2.05) is 12.3 Å². The van der Waals surface area contributed by atoms with Gasteiger partial charge in [0.1, 0.15) is 0 Å². The van der Waals surface area contributed by atoms with E-state index in [9.17, 15) is 0 Å². The van der Waals surface area contributed by atoms with Gasteiger partial charge in [-0.1, -0.05) is 30.3 Å². The van der Waals surface area contributed by atoms with Gasteiger partial charge in [-0.25, -0.2) is 0 Å². The molecule has 1 unspecified atom stereocenters. The average molecular weight is 398 g/mol. The van der Waals surface area contributed by atoms with Crippen LogP contribution in [0.3, 0.4) is 0 Å². The summed E-state index contributed by atoms with van der Waals surface area (Å²) in [4.78, 5) is 4.41. The van der Waals surface area contributed by atoms with Gasteiger partial charge in [0.05, 0.1) is 5.69 Å². The average Bonchev–Trinajstić information content (AvgIpc) is 2.45. The smallest absolute Gasteiger partial charge is 0.0684 e. The molecular weight excluding hydrogens is 380 g/mol. The zero-order valence-electron chi connectivity index (χ0n) is 11.4. The van der Waals surface area contributed by atoms with Crippen LogP contribution in [0.15, 0.2) is 51.5 Å². The van der Waals surface area contributed by atoms with E-state index >= 15 is 0 Å². The highest BCUT2D eigenvalue weighted by molar-refractivity contribution is 9.11. The Morgan fingerprint density at radius 3 is 2.65 bits per heavy atom. The van der Waals surface area contributed by atoms with E-state index < -0.39 is 0 Å². The molecule has 0 saturated heterocycles. The zero-order valence-corrected chi connectivity index (χ0v) is 14.6. The quantitative estimate of drug-likeness (QED) is 0.762. The summed E-state index contributed by atoms with van der Waals surface area (Å²) >= 11 is 6.95. The number of benzene rings is 1. The standard InChI is InChI=1S/C16H18Br2N2/c1-12(7-8-13-5-3-2-4-6-13)19-11-16-15(18)9-14(17)10-20-16/h2-6,9-10,12,19H,7-8,11H2,1H3. The molecule has 0 aliphatic heterocycles. The van der Waals surface area contributed by atoms with Crippen molar-refractivity contribution in [3.63, 3.8) is 0 Å². The Hall–Kier alpha value is -0.710. The van der Waals surface area contributed by atoms with E-state index in [4.69, 9.17) is 0 Å². The van der Waals surface area contributed by atoms with Gasteiger partial charge in [-0.2, -0.15) is 0 Å². The van der Waals surface area contributed by atoms with E-state index in [-0.39, 0.29) is 0 Å². The summed E-state index contributed by atoms with van der Waals surface area (Å²) in [6, 6.07) is 13.1. The van der Waals surface area contributed by atoms with Crippen molar-refractivity contribution in [1.82, 2.24) is 10.3 Å². The van der Waals surface area contributed by atoms with E-state index in [0.29, 0.717) is 6.04 Å². The van der Waals surface area contributed by atoms with Crippen molar-refractivity contribution in [1.29, 1.82) is 0 Å². The summed E-state index contributed by atoms with van der Waals surface area (Å²) in [6.07, 6.45) is 4.05. The van der Waals surface area contributed by atoms with Gasteiger partial charge in [-0.15, -0.1) is 0 Å². The van der Waals surface area contributed by atoms with Crippen LogP contribution in [-0.4, -0.2) is 11.0 Å². The van der Waals surface area contributed by atoms with Gasteiger partial charge >= 0.3 is 0 Å². The first-order chi connectivity index (χ1) is 9.65. The minimum Gasteiger partial charge on any atom is -0.309 e. The van der Waals surface area contributed by atoms with E-state index in [0.717, 1.165) is 34.0 Å². The lowest BCUT2D eigenvalue weighted by Gasteiger charge is -2.14. The van der Waals surface area contributed by atoms with Crippen LogP contribution in [0.4, 0.5) is 0 Å². The first-order valence-corrected chi connectivity index (χ1v) is 8.31. The molecule has 2 rings (SSSR count). The summed E-state index contributed by atoms with van der Waals surface area (Å²) in [5.41, 5.74) is 2.43. The second-order valence-corrected chi connectivity index (χ2v) is 6.66. The SMILES string of the molecule is CC(CCc1ccccc1)NCc1ncc(Br)cc1Br. The second kappa shape index (κ2) is 7.91. The lowest BCUT2D eigenvalue weighted by atomic mass is 10.1. The maximum Gasteiger partial charge on any atom is 0.0684 e. The summed E-state index contributed by atoms with van der Waals surface area (Å²) < 4.78 is 2.03. The Morgan fingerprint density at radius 2 is 1.95 bits per heavy atom. The fourth-order valence-electron chi connectivity index (χ4n) is 1.97. The molecule has 4 heteroatoms. The Kier molecular flexibility index (Phi) is 6.20. The van der Waals surface area contributed by atoms with Gasteiger partial charge in [0, 0.05) is 27.7 Å². The molecule has 20 heavy (non-hydrogen) atoms.